The lowest BCUT2D eigenvalue weighted by Gasteiger charge is -2.61. The molecule has 152 valence electrons. The van der Waals surface area contributed by atoms with Gasteiger partial charge in [-0.3, -0.25) is 9.69 Å². The summed E-state index contributed by atoms with van der Waals surface area (Å²) in [6, 6.07) is 7.32. The molecule has 4 aliphatic rings. The van der Waals surface area contributed by atoms with Gasteiger partial charge in [0.05, 0.1) is 7.11 Å². The molecule has 3 nitrogen and oxygen atoms in total. The summed E-state index contributed by atoms with van der Waals surface area (Å²) in [7, 11) is 1.76. The van der Waals surface area contributed by atoms with Crippen molar-refractivity contribution in [1.29, 1.82) is 0 Å². The van der Waals surface area contributed by atoms with E-state index in [4.69, 9.17) is 4.74 Å². The summed E-state index contributed by atoms with van der Waals surface area (Å²) in [6.45, 7) is 4.74. The number of benzene rings is 1. The summed E-state index contributed by atoms with van der Waals surface area (Å²) >= 11 is 0. The average Bonchev–Trinajstić information content (AvgIpc) is 2.65. The number of fused-ring (bicyclic) bond motifs is 1. The SMILES string of the molecule is CCC[C@@H]1CC(=O)C[C@]23CCN(CC4CCC4)[C@H](Cc4ccc(OC)cc42)[C@H]13. The number of carbonyl (C=O) groups excluding carboxylic acids is 1. The van der Waals surface area contributed by atoms with Gasteiger partial charge in [0.15, 0.2) is 0 Å². The van der Waals surface area contributed by atoms with E-state index in [1.165, 1.54) is 56.3 Å². The maximum atomic E-state index is 12.9. The quantitative estimate of drug-likeness (QED) is 0.736. The Balaban J connectivity index is 1.58. The summed E-state index contributed by atoms with van der Waals surface area (Å²) in [6.07, 6.45) is 10.5. The number of piperidine rings is 1. The Labute approximate surface area is 169 Å². The van der Waals surface area contributed by atoms with Gasteiger partial charge < -0.3 is 4.74 Å². The summed E-state index contributed by atoms with van der Waals surface area (Å²) in [5.74, 6) is 3.56. The fourth-order valence-corrected chi connectivity index (χ4v) is 7.19. The molecule has 0 aromatic heterocycles. The molecule has 1 aliphatic heterocycles. The Morgan fingerprint density at radius 2 is 2.11 bits per heavy atom. The van der Waals surface area contributed by atoms with Crippen LogP contribution < -0.4 is 4.74 Å². The molecule has 0 N–H and O–H groups in total. The van der Waals surface area contributed by atoms with Gasteiger partial charge in [-0.2, -0.15) is 0 Å². The minimum absolute atomic E-state index is 0.0536. The zero-order valence-corrected chi connectivity index (χ0v) is 17.6. The number of rotatable bonds is 5. The first-order valence-electron chi connectivity index (χ1n) is 11.6. The standard InChI is InChI=1S/C25H35NO2/c1-3-5-19-12-20(27)15-25-10-11-26(16-17-6-4-7-17)23(24(19)25)13-18-8-9-21(28-2)14-22(18)25/h8-9,14,17,19,23-24H,3-7,10-13,15-16H2,1-2H3/t19-,23-,24+,25-/m1/s1. The minimum Gasteiger partial charge on any atom is -0.497 e. The van der Waals surface area contributed by atoms with Gasteiger partial charge >= 0.3 is 0 Å². The first-order valence-corrected chi connectivity index (χ1v) is 11.6. The van der Waals surface area contributed by atoms with Crippen molar-refractivity contribution < 1.29 is 9.53 Å². The maximum Gasteiger partial charge on any atom is 0.134 e. The van der Waals surface area contributed by atoms with Gasteiger partial charge in [0.2, 0.25) is 0 Å². The van der Waals surface area contributed by atoms with E-state index in [0.29, 0.717) is 23.7 Å². The Morgan fingerprint density at radius 1 is 1.25 bits per heavy atom. The highest BCUT2D eigenvalue weighted by atomic mass is 16.5. The highest BCUT2D eigenvalue weighted by molar-refractivity contribution is 5.82. The summed E-state index contributed by atoms with van der Waals surface area (Å²) in [5.41, 5.74) is 2.98. The van der Waals surface area contributed by atoms with Crippen LogP contribution in [0.2, 0.25) is 0 Å². The molecule has 1 saturated heterocycles. The lowest BCUT2D eigenvalue weighted by molar-refractivity contribution is -0.132. The van der Waals surface area contributed by atoms with Crippen LogP contribution in [0.5, 0.6) is 5.75 Å². The highest BCUT2D eigenvalue weighted by Gasteiger charge is 2.58. The summed E-state index contributed by atoms with van der Waals surface area (Å²) < 4.78 is 5.60. The number of Topliss-reactive ketones (excluding diaryl/α,β-unsaturated/α-hetero) is 1. The minimum atomic E-state index is 0.0536. The van der Waals surface area contributed by atoms with Crippen LogP contribution in [0, 0.1) is 17.8 Å². The van der Waals surface area contributed by atoms with Crippen molar-refractivity contribution in [2.45, 2.75) is 76.2 Å². The number of carbonyl (C=O) groups is 1. The van der Waals surface area contributed by atoms with E-state index >= 15 is 0 Å². The van der Waals surface area contributed by atoms with Crippen LogP contribution >= 0.6 is 0 Å². The number of hydrogen-bond acceptors (Lipinski definition) is 3. The monoisotopic (exact) mass is 381 g/mol. The van der Waals surface area contributed by atoms with E-state index in [1.807, 2.05) is 0 Å². The second-order valence-electron chi connectivity index (χ2n) is 9.99. The molecule has 0 unspecified atom stereocenters. The average molecular weight is 382 g/mol. The Hall–Kier alpha value is -1.35. The number of likely N-dealkylation sites (tertiary alicyclic amines) is 1. The third kappa shape index (κ3) is 2.84. The molecular formula is C25H35NO2. The van der Waals surface area contributed by atoms with Gasteiger partial charge in [-0.1, -0.05) is 25.8 Å². The van der Waals surface area contributed by atoms with Crippen LogP contribution in [0.1, 0.15) is 69.4 Å². The molecular weight excluding hydrogens is 346 g/mol. The molecule has 5 rings (SSSR count). The number of nitrogens with zero attached hydrogens (tertiary/aromatic N) is 1. The zero-order chi connectivity index (χ0) is 19.3. The number of hydrogen-bond donors (Lipinski definition) is 0. The number of ketones is 1. The van der Waals surface area contributed by atoms with Crippen LogP contribution in [0.15, 0.2) is 18.2 Å². The molecule has 4 atom stereocenters. The van der Waals surface area contributed by atoms with Crippen molar-refractivity contribution in [2.75, 3.05) is 20.2 Å². The van der Waals surface area contributed by atoms with Crippen LogP contribution in [0.3, 0.4) is 0 Å². The van der Waals surface area contributed by atoms with Gasteiger partial charge in [0.1, 0.15) is 11.5 Å². The van der Waals surface area contributed by atoms with E-state index in [0.717, 1.165) is 37.4 Å². The maximum absolute atomic E-state index is 12.9. The van der Waals surface area contributed by atoms with Gasteiger partial charge in [-0.25, -0.2) is 0 Å². The lowest BCUT2D eigenvalue weighted by Crippen LogP contribution is -2.65. The molecule has 1 heterocycles. The van der Waals surface area contributed by atoms with E-state index in [2.05, 4.69) is 30.0 Å². The van der Waals surface area contributed by atoms with Crippen molar-refractivity contribution in [3.8, 4) is 5.75 Å². The zero-order valence-electron chi connectivity index (χ0n) is 17.6. The molecule has 3 fully saturated rings. The Bertz CT molecular complexity index is 755. The fourth-order valence-electron chi connectivity index (χ4n) is 7.19. The summed E-state index contributed by atoms with van der Waals surface area (Å²) in [4.78, 5) is 15.8. The molecule has 0 spiro atoms. The predicted molar refractivity (Wildman–Crippen MR) is 112 cm³/mol. The molecule has 28 heavy (non-hydrogen) atoms. The molecule has 2 bridgehead atoms. The lowest BCUT2D eigenvalue weighted by atomic mass is 9.48. The first kappa shape index (κ1) is 18.7. The Kier molecular flexibility index (Phi) is 4.77. The van der Waals surface area contributed by atoms with E-state index < -0.39 is 0 Å². The number of ether oxygens (including phenoxy) is 1. The van der Waals surface area contributed by atoms with E-state index in [9.17, 15) is 4.79 Å². The summed E-state index contributed by atoms with van der Waals surface area (Å²) in [5, 5.41) is 0. The van der Waals surface area contributed by atoms with Crippen LogP contribution in [-0.2, 0) is 16.6 Å². The molecule has 0 amide bonds. The first-order chi connectivity index (χ1) is 13.6. The van der Waals surface area contributed by atoms with Gasteiger partial charge in [0.25, 0.3) is 0 Å². The van der Waals surface area contributed by atoms with Crippen LogP contribution in [-0.4, -0.2) is 36.9 Å². The molecule has 3 heteroatoms. The molecule has 1 aromatic carbocycles. The molecule has 3 aliphatic carbocycles. The van der Waals surface area contributed by atoms with Crippen molar-refractivity contribution in [1.82, 2.24) is 4.90 Å². The van der Waals surface area contributed by atoms with Crippen LogP contribution in [0.4, 0.5) is 0 Å². The smallest absolute Gasteiger partial charge is 0.134 e. The van der Waals surface area contributed by atoms with Crippen molar-refractivity contribution in [3.63, 3.8) is 0 Å². The third-order valence-corrected chi connectivity index (χ3v) is 8.54. The third-order valence-electron chi connectivity index (χ3n) is 8.54. The second-order valence-corrected chi connectivity index (χ2v) is 9.99. The highest BCUT2D eigenvalue weighted by Crippen LogP contribution is 2.58. The molecule has 0 radical (unpaired) electrons. The van der Waals surface area contributed by atoms with E-state index in [-0.39, 0.29) is 5.41 Å². The molecule has 1 aromatic rings. The topological polar surface area (TPSA) is 29.5 Å². The second kappa shape index (κ2) is 7.16. The predicted octanol–water partition coefficient (Wildman–Crippen LogP) is 4.76. The van der Waals surface area contributed by atoms with Gasteiger partial charge in [0, 0.05) is 30.8 Å². The van der Waals surface area contributed by atoms with Crippen molar-refractivity contribution in [2.24, 2.45) is 17.8 Å². The van der Waals surface area contributed by atoms with Gasteiger partial charge in [-0.05, 0) is 79.7 Å². The Morgan fingerprint density at radius 3 is 2.82 bits per heavy atom. The van der Waals surface area contributed by atoms with Gasteiger partial charge in [-0.15, -0.1) is 0 Å². The number of methoxy groups -OCH3 is 1. The van der Waals surface area contributed by atoms with Crippen molar-refractivity contribution in [3.05, 3.63) is 29.3 Å². The molecule has 2 saturated carbocycles. The van der Waals surface area contributed by atoms with Crippen molar-refractivity contribution >= 4 is 5.78 Å². The normalized spacial score (nSPS) is 35.1. The fraction of sp³-hybridized carbons (Fsp3) is 0.720. The van der Waals surface area contributed by atoms with E-state index in [1.54, 1.807) is 7.11 Å². The largest absolute Gasteiger partial charge is 0.497 e. The van der Waals surface area contributed by atoms with Crippen LogP contribution in [0.25, 0.3) is 0 Å².